The van der Waals surface area contributed by atoms with Gasteiger partial charge < -0.3 is 0 Å². The van der Waals surface area contributed by atoms with Gasteiger partial charge in [-0.15, -0.1) is 11.3 Å². The molecular weight excluding hydrogens is 420 g/mol. The van der Waals surface area contributed by atoms with Crippen LogP contribution in [0.2, 0.25) is 0 Å². The van der Waals surface area contributed by atoms with Crippen molar-refractivity contribution >= 4 is 28.9 Å². The molecule has 5 aromatic heterocycles. The van der Waals surface area contributed by atoms with Crippen LogP contribution in [0.3, 0.4) is 0 Å². The summed E-state index contributed by atoms with van der Waals surface area (Å²) in [6, 6.07) is 10.0. The van der Waals surface area contributed by atoms with E-state index in [2.05, 4.69) is 31.2 Å². The molecule has 0 aliphatic carbocycles. The number of thiazole rings is 1. The van der Waals surface area contributed by atoms with E-state index >= 15 is 0 Å². The summed E-state index contributed by atoms with van der Waals surface area (Å²) in [5.74, 6) is 0.720. The van der Waals surface area contributed by atoms with Crippen molar-refractivity contribution in [3.8, 4) is 21.8 Å². The molecule has 6 heterocycles. The summed E-state index contributed by atoms with van der Waals surface area (Å²) in [4.78, 5) is 19.2. The zero-order chi connectivity index (χ0) is 21.5. The van der Waals surface area contributed by atoms with Crippen LogP contribution >= 0.6 is 11.3 Å². The van der Waals surface area contributed by atoms with Gasteiger partial charge >= 0.3 is 0 Å². The molecule has 1 aliphatic rings. The summed E-state index contributed by atoms with van der Waals surface area (Å²) in [7, 11) is 0. The maximum absolute atomic E-state index is 5.04. The SMILES string of the molecule is Cc1nn2ccccc2c1-c1nc(-c2cnn(Cc3cccnc3)c2)c(C2=NCC=N2)s1. The molecule has 0 saturated carbocycles. The van der Waals surface area contributed by atoms with Crippen molar-refractivity contribution in [2.75, 3.05) is 6.54 Å². The van der Waals surface area contributed by atoms with Crippen LogP contribution in [0, 0.1) is 6.92 Å². The highest BCUT2D eigenvalue weighted by Gasteiger charge is 2.23. The highest BCUT2D eigenvalue weighted by Crippen LogP contribution is 2.38. The van der Waals surface area contributed by atoms with Gasteiger partial charge in [0.25, 0.3) is 0 Å². The average molecular weight is 439 g/mol. The molecule has 9 heteroatoms. The highest BCUT2D eigenvalue weighted by atomic mass is 32.1. The van der Waals surface area contributed by atoms with E-state index in [1.165, 1.54) is 0 Å². The van der Waals surface area contributed by atoms with E-state index in [-0.39, 0.29) is 0 Å². The standard InChI is InChI=1S/C23H18N8S/c1-15-19(18-6-2-3-10-31(18)29-15)23-28-20(21(32-23)22-25-8-9-26-22)17-12-27-30(14-17)13-16-5-4-7-24-11-16/h2-8,10-12,14H,9,13H2,1H3. The van der Waals surface area contributed by atoms with E-state index in [1.54, 1.807) is 17.5 Å². The Labute approximate surface area is 187 Å². The molecule has 0 saturated heterocycles. The molecule has 32 heavy (non-hydrogen) atoms. The number of hydrogen-bond donors (Lipinski definition) is 0. The third-order valence-electron chi connectivity index (χ3n) is 5.27. The number of nitrogens with zero attached hydrogens (tertiary/aromatic N) is 8. The van der Waals surface area contributed by atoms with Crippen molar-refractivity contribution in [3.05, 3.63) is 77.5 Å². The van der Waals surface area contributed by atoms with Gasteiger partial charge in [-0.05, 0) is 30.7 Å². The number of amidine groups is 1. The van der Waals surface area contributed by atoms with Crippen LogP contribution in [-0.2, 0) is 6.54 Å². The van der Waals surface area contributed by atoms with Crippen LogP contribution in [0.1, 0.15) is 16.1 Å². The minimum absolute atomic E-state index is 0.595. The molecule has 0 aromatic carbocycles. The quantitative estimate of drug-likeness (QED) is 0.416. The van der Waals surface area contributed by atoms with Crippen molar-refractivity contribution in [1.82, 2.24) is 29.4 Å². The van der Waals surface area contributed by atoms with Crippen molar-refractivity contribution < 1.29 is 0 Å². The van der Waals surface area contributed by atoms with E-state index in [0.717, 1.165) is 49.3 Å². The van der Waals surface area contributed by atoms with Crippen LogP contribution in [0.4, 0.5) is 0 Å². The summed E-state index contributed by atoms with van der Waals surface area (Å²) in [6.07, 6.45) is 11.3. The smallest absolute Gasteiger partial charge is 0.167 e. The molecule has 0 amide bonds. The molecule has 1 aliphatic heterocycles. The third-order valence-corrected chi connectivity index (χ3v) is 6.34. The highest BCUT2D eigenvalue weighted by molar-refractivity contribution is 7.17. The number of pyridine rings is 2. The Morgan fingerprint density at radius 2 is 2.09 bits per heavy atom. The number of aliphatic imine (C=N–C) groups is 2. The number of rotatable bonds is 5. The van der Waals surface area contributed by atoms with Gasteiger partial charge in [-0.2, -0.15) is 10.2 Å². The van der Waals surface area contributed by atoms with Crippen molar-refractivity contribution in [2.45, 2.75) is 13.5 Å². The van der Waals surface area contributed by atoms with Crippen LogP contribution in [-0.4, -0.2) is 48.0 Å². The zero-order valence-electron chi connectivity index (χ0n) is 17.3. The second-order valence-corrected chi connectivity index (χ2v) is 8.45. The first-order valence-electron chi connectivity index (χ1n) is 10.2. The van der Waals surface area contributed by atoms with E-state index in [9.17, 15) is 0 Å². The zero-order valence-corrected chi connectivity index (χ0v) is 18.1. The maximum atomic E-state index is 5.04. The first-order chi connectivity index (χ1) is 15.8. The van der Waals surface area contributed by atoms with E-state index in [4.69, 9.17) is 4.98 Å². The third kappa shape index (κ3) is 3.23. The summed E-state index contributed by atoms with van der Waals surface area (Å²) >= 11 is 1.60. The van der Waals surface area contributed by atoms with E-state index in [0.29, 0.717) is 13.1 Å². The van der Waals surface area contributed by atoms with Crippen molar-refractivity contribution in [1.29, 1.82) is 0 Å². The molecule has 0 fully saturated rings. The molecule has 6 rings (SSSR count). The first kappa shape index (κ1) is 18.8. The Balaban J connectivity index is 1.46. The fourth-order valence-electron chi connectivity index (χ4n) is 3.83. The van der Waals surface area contributed by atoms with Gasteiger partial charge in [0.1, 0.15) is 5.01 Å². The lowest BCUT2D eigenvalue weighted by Gasteiger charge is -2.00. The molecule has 0 unspecified atom stereocenters. The van der Waals surface area contributed by atoms with Crippen LogP contribution in [0.5, 0.6) is 0 Å². The second-order valence-electron chi connectivity index (χ2n) is 7.45. The molecule has 0 N–H and O–H groups in total. The Morgan fingerprint density at radius 1 is 1.12 bits per heavy atom. The Morgan fingerprint density at radius 3 is 2.94 bits per heavy atom. The summed E-state index contributed by atoms with van der Waals surface area (Å²) in [5, 5.41) is 10.1. The van der Waals surface area contributed by atoms with E-state index < -0.39 is 0 Å². The first-order valence-corrected chi connectivity index (χ1v) is 11.0. The molecule has 156 valence electrons. The summed E-state index contributed by atoms with van der Waals surface area (Å²) in [6.45, 7) is 3.25. The average Bonchev–Trinajstić information content (AvgIpc) is 3.59. The van der Waals surface area contributed by atoms with Crippen LogP contribution < -0.4 is 0 Å². The lowest BCUT2D eigenvalue weighted by atomic mass is 10.2. The molecule has 8 nitrogen and oxygen atoms in total. The normalized spacial score (nSPS) is 13.2. The van der Waals surface area contributed by atoms with Gasteiger partial charge in [-0.25, -0.2) is 14.5 Å². The number of aromatic nitrogens is 6. The van der Waals surface area contributed by atoms with Crippen LogP contribution in [0.15, 0.2) is 71.3 Å². The molecule has 5 aromatic rings. The minimum Gasteiger partial charge on any atom is -0.268 e. The Hall–Kier alpha value is -3.98. The van der Waals surface area contributed by atoms with Gasteiger partial charge in [-0.3, -0.25) is 14.7 Å². The van der Waals surface area contributed by atoms with Gasteiger partial charge in [0, 0.05) is 36.6 Å². The molecular formula is C23H18N8S. The predicted octanol–water partition coefficient (Wildman–Crippen LogP) is 3.90. The lowest BCUT2D eigenvalue weighted by molar-refractivity contribution is 0.685. The van der Waals surface area contributed by atoms with Crippen molar-refractivity contribution in [2.24, 2.45) is 9.98 Å². The predicted molar refractivity (Wildman–Crippen MR) is 125 cm³/mol. The molecule has 0 radical (unpaired) electrons. The second kappa shape index (κ2) is 7.61. The van der Waals surface area contributed by atoms with E-state index in [1.807, 2.05) is 71.4 Å². The van der Waals surface area contributed by atoms with Crippen LogP contribution in [0.25, 0.3) is 27.3 Å². The monoisotopic (exact) mass is 438 g/mol. The summed E-state index contributed by atoms with van der Waals surface area (Å²) < 4.78 is 3.79. The topological polar surface area (TPSA) is 85.6 Å². The Bertz CT molecular complexity index is 1490. The fourth-order valence-corrected chi connectivity index (χ4v) is 4.99. The van der Waals surface area contributed by atoms with Gasteiger partial charge in [0.05, 0.1) is 46.6 Å². The molecule has 0 spiro atoms. The maximum Gasteiger partial charge on any atom is 0.167 e. The fraction of sp³-hybridized carbons (Fsp3) is 0.130. The van der Waals surface area contributed by atoms with Gasteiger partial charge in [-0.1, -0.05) is 12.1 Å². The Kier molecular flexibility index (Phi) is 4.46. The minimum atomic E-state index is 0.595. The summed E-state index contributed by atoms with van der Waals surface area (Å²) in [5.41, 5.74) is 5.87. The number of aryl methyl sites for hydroxylation is 1. The lowest BCUT2D eigenvalue weighted by Crippen LogP contribution is -1.99. The van der Waals surface area contributed by atoms with Gasteiger partial charge in [0.2, 0.25) is 0 Å². The molecule has 0 bridgehead atoms. The van der Waals surface area contributed by atoms with Gasteiger partial charge in [0.15, 0.2) is 5.84 Å². The largest absolute Gasteiger partial charge is 0.268 e. The number of fused-ring (bicyclic) bond motifs is 1. The number of hydrogen-bond acceptors (Lipinski definition) is 7. The molecule has 0 atom stereocenters. The van der Waals surface area contributed by atoms with Crippen molar-refractivity contribution in [3.63, 3.8) is 0 Å².